The summed E-state index contributed by atoms with van der Waals surface area (Å²) >= 11 is 0. The van der Waals surface area contributed by atoms with Crippen LogP contribution in [0.4, 0.5) is 11.4 Å². The molecule has 0 spiro atoms. The van der Waals surface area contributed by atoms with Crippen LogP contribution < -0.4 is 4.90 Å². The highest BCUT2D eigenvalue weighted by Crippen LogP contribution is 2.61. The molecule has 1 aliphatic heterocycles. The molecule has 1 nitrogen and oxygen atoms in total. The van der Waals surface area contributed by atoms with Crippen LogP contribution in [-0.2, 0) is 5.41 Å². The van der Waals surface area contributed by atoms with Gasteiger partial charge in [-0.15, -0.1) is 0 Å². The van der Waals surface area contributed by atoms with Crippen molar-refractivity contribution < 1.29 is 0 Å². The Morgan fingerprint density at radius 1 is 0.315 bits per heavy atom. The minimum absolute atomic E-state index is 0.00615. The van der Waals surface area contributed by atoms with Gasteiger partial charge in [-0.25, -0.2) is 0 Å². The van der Waals surface area contributed by atoms with E-state index in [-0.39, 0.29) is 11.0 Å². The first-order valence-corrected chi connectivity index (χ1v) is 26.3. The Bertz CT molecular complexity index is 4350. The second-order valence-corrected chi connectivity index (χ2v) is 21.4. The van der Waals surface area contributed by atoms with Gasteiger partial charge in [0.1, 0.15) is 0 Å². The molecule has 0 saturated heterocycles. The van der Waals surface area contributed by atoms with E-state index < -0.39 is 0 Å². The molecule has 0 aromatic heterocycles. The Balaban J connectivity index is 1.01. The van der Waals surface area contributed by atoms with Crippen molar-refractivity contribution in [2.75, 3.05) is 4.90 Å². The number of para-hydroxylation sites is 1. The average molecular weight is 932 g/mol. The van der Waals surface area contributed by atoms with Crippen molar-refractivity contribution in [1.29, 1.82) is 0 Å². The maximum Gasteiger partial charge on any atom is 0.0517 e. The van der Waals surface area contributed by atoms with Crippen molar-refractivity contribution in [2.45, 2.75) is 50.5 Å². The third-order valence-corrected chi connectivity index (χ3v) is 17.8. The smallest absolute Gasteiger partial charge is 0.0517 e. The lowest BCUT2D eigenvalue weighted by molar-refractivity contribution is 0.195. The van der Waals surface area contributed by atoms with Gasteiger partial charge in [-0.05, 0) is 182 Å². The minimum atomic E-state index is -0.00615. The molecule has 15 rings (SSSR count). The molecular weight excluding hydrogens is 879 g/mol. The molecule has 1 aliphatic carbocycles. The molecule has 2 aliphatic rings. The molecule has 0 bridgehead atoms. The third kappa shape index (κ3) is 6.09. The number of hydrogen-bond donors (Lipinski definition) is 0. The predicted molar refractivity (Wildman–Crippen MR) is 313 cm³/mol. The van der Waals surface area contributed by atoms with Crippen LogP contribution in [0, 0.1) is 0 Å². The van der Waals surface area contributed by atoms with Gasteiger partial charge in [0.15, 0.2) is 0 Å². The number of fused-ring (bicyclic) bond motifs is 6. The van der Waals surface area contributed by atoms with E-state index in [1.54, 1.807) is 0 Å². The van der Waals surface area contributed by atoms with E-state index in [1.165, 1.54) is 163 Å². The summed E-state index contributed by atoms with van der Waals surface area (Å²) in [4.78, 5) is 2.68. The highest BCUT2D eigenvalue weighted by atomic mass is 15.3. The van der Waals surface area contributed by atoms with Crippen LogP contribution in [0.3, 0.4) is 0 Å². The Labute approximate surface area is 427 Å². The highest BCUT2D eigenvalue weighted by molar-refractivity contribution is 6.33. The van der Waals surface area contributed by atoms with Gasteiger partial charge in [0, 0.05) is 16.8 Å². The molecule has 1 fully saturated rings. The summed E-state index contributed by atoms with van der Waals surface area (Å²) in [6.45, 7) is 5.08. The van der Waals surface area contributed by atoms with Gasteiger partial charge in [0.2, 0.25) is 0 Å². The maximum atomic E-state index is 2.68. The monoisotopic (exact) mass is 931 g/mol. The first-order chi connectivity index (χ1) is 36.0. The van der Waals surface area contributed by atoms with Gasteiger partial charge in [-0.1, -0.05) is 220 Å². The maximum absolute atomic E-state index is 2.68. The topological polar surface area (TPSA) is 3.24 Å². The van der Waals surface area contributed by atoms with Crippen molar-refractivity contribution in [3.63, 3.8) is 0 Å². The molecule has 0 amide bonds. The fraction of sp³-hybridized carbons (Fsp3) is 0.111. The molecule has 1 heteroatoms. The van der Waals surface area contributed by atoms with Crippen LogP contribution in [0.2, 0.25) is 0 Å². The summed E-state index contributed by atoms with van der Waals surface area (Å²) in [5.41, 5.74) is 16.7. The van der Waals surface area contributed by atoms with E-state index >= 15 is 0 Å². The van der Waals surface area contributed by atoms with Gasteiger partial charge < -0.3 is 4.90 Å². The van der Waals surface area contributed by atoms with Crippen molar-refractivity contribution >= 4 is 76.0 Å². The van der Waals surface area contributed by atoms with E-state index in [0.29, 0.717) is 0 Å². The lowest BCUT2D eigenvalue weighted by Gasteiger charge is -2.50. The van der Waals surface area contributed by atoms with E-state index in [2.05, 4.69) is 255 Å². The second-order valence-electron chi connectivity index (χ2n) is 21.4. The second kappa shape index (κ2) is 16.0. The zero-order valence-electron chi connectivity index (χ0n) is 41.3. The summed E-state index contributed by atoms with van der Waals surface area (Å²) in [6.07, 6.45) is 4.88. The van der Waals surface area contributed by atoms with Gasteiger partial charge in [-0.2, -0.15) is 0 Å². The third-order valence-electron chi connectivity index (χ3n) is 17.8. The van der Waals surface area contributed by atoms with E-state index in [0.717, 1.165) is 0 Å². The summed E-state index contributed by atoms with van der Waals surface area (Å²) in [7, 11) is 0. The number of nitrogens with zero attached hydrogens (tertiary/aromatic N) is 1. The van der Waals surface area contributed by atoms with Gasteiger partial charge in [-0.3, -0.25) is 0 Å². The Hall–Kier alpha value is -8.52. The molecule has 2 atom stereocenters. The quantitative estimate of drug-likeness (QED) is 0.150. The van der Waals surface area contributed by atoms with Crippen molar-refractivity contribution in [2.24, 2.45) is 0 Å². The van der Waals surface area contributed by atoms with Crippen LogP contribution in [0.5, 0.6) is 0 Å². The van der Waals surface area contributed by atoms with Crippen LogP contribution in [0.15, 0.2) is 237 Å². The Morgan fingerprint density at radius 2 is 0.767 bits per heavy atom. The highest BCUT2D eigenvalue weighted by Gasteiger charge is 2.57. The normalized spacial score (nSPS) is 17.6. The molecule has 0 N–H and O–H groups in total. The summed E-state index contributed by atoms with van der Waals surface area (Å²) in [6, 6.07) is 89.6. The number of rotatable bonds is 6. The Morgan fingerprint density at radius 3 is 1.38 bits per heavy atom. The summed E-state index contributed by atoms with van der Waals surface area (Å²) in [5, 5.41) is 15.3. The molecule has 73 heavy (non-hydrogen) atoms. The fourth-order valence-electron chi connectivity index (χ4n) is 14.1. The molecule has 346 valence electrons. The lowest BCUT2D eigenvalue weighted by atomic mass is 9.61. The van der Waals surface area contributed by atoms with Crippen LogP contribution in [0.25, 0.3) is 120 Å². The van der Waals surface area contributed by atoms with Gasteiger partial charge in [0.05, 0.1) is 5.54 Å². The zero-order chi connectivity index (χ0) is 48.4. The van der Waals surface area contributed by atoms with Gasteiger partial charge in [0.25, 0.3) is 0 Å². The largest absolute Gasteiger partial charge is 0.334 e. The predicted octanol–water partition coefficient (Wildman–Crippen LogP) is 20.1. The standard InChI is InChI=1S/C72H53N/c1-71-41-13-14-42-72(71,2)73(50-25-7-4-8-26-50)68-40-35-49(43-67(68)71)53-29-17-33-57-54(53)32-18-34-58(57)66-45-65(56-31-16-24-47-22-10-12-28-52(47)56)61-37-36-59-63(48-19-5-3-6-20-48)44-64(60-38-39-62(66)70(61)69(59)60)55-30-15-23-46-21-9-11-27-51(46)55/h3-12,15-40,43-45H,13-14,41-42H2,1-2H3. The summed E-state index contributed by atoms with van der Waals surface area (Å²) < 4.78 is 0. The van der Waals surface area contributed by atoms with Crippen molar-refractivity contribution in [3.05, 3.63) is 242 Å². The van der Waals surface area contributed by atoms with E-state index in [4.69, 9.17) is 0 Å². The van der Waals surface area contributed by atoms with E-state index in [1.807, 2.05) is 0 Å². The minimum Gasteiger partial charge on any atom is -0.334 e. The first kappa shape index (κ1) is 42.2. The first-order valence-electron chi connectivity index (χ1n) is 26.3. The molecule has 0 radical (unpaired) electrons. The number of anilines is 2. The molecule has 13 aromatic rings. The lowest BCUT2D eigenvalue weighted by Crippen LogP contribution is -2.54. The van der Waals surface area contributed by atoms with Crippen molar-refractivity contribution in [1.82, 2.24) is 0 Å². The number of benzene rings is 13. The fourth-order valence-corrected chi connectivity index (χ4v) is 14.1. The molecule has 1 heterocycles. The van der Waals surface area contributed by atoms with Crippen molar-refractivity contribution in [3.8, 4) is 55.6 Å². The summed E-state index contributed by atoms with van der Waals surface area (Å²) in [5.74, 6) is 0. The zero-order valence-corrected chi connectivity index (χ0v) is 41.3. The van der Waals surface area contributed by atoms with E-state index in [9.17, 15) is 0 Å². The Kier molecular flexibility index (Phi) is 9.24. The SMILES string of the molecule is CC12CCCCC1(C)N(c1ccccc1)c1ccc(-c3cccc4c(-c5cc(-c6cccc7ccccc67)c6ccc7c(-c8ccccc8)cc(-c8cccc9ccccc89)c8ccc5c6c78)cccc34)cc12. The van der Waals surface area contributed by atoms with Gasteiger partial charge >= 0.3 is 0 Å². The number of hydrogen-bond acceptors (Lipinski definition) is 1. The molecule has 2 unspecified atom stereocenters. The molecule has 1 saturated carbocycles. The van der Waals surface area contributed by atoms with Crippen LogP contribution >= 0.6 is 0 Å². The van der Waals surface area contributed by atoms with Crippen LogP contribution in [-0.4, -0.2) is 5.54 Å². The molecular formula is C72H53N. The van der Waals surface area contributed by atoms with Crippen LogP contribution in [0.1, 0.15) is 45.1 Å². The molecule has 13 aromatic carbocycles. The average Bonchev–Trinajstić information content (AvgIpc) is 3.73.